The zero-order chi connectivity index (χ0) is 19.7. The molecule has 6 heteroatoms. The number of amides is 1. The zero-order valence-corrected chi connectivity index (χ0v) is 16.3. The molecule has 2 aromatic heterocycles. The number of halogens is 1. The van der Waals surface area contributed by atoms with E-state index in [1.165, 1.54) is 35.6 Å². The third-order valence-electron chi connectivity index (χ3n) is 4.44. The fourth-order valence-corrected chi connectivity index (χ4v) is 4.14. The van der Waals surface area contributed by atoms with Crippen LogP contribution in [0.2, 0.25) is 0 Å². The Morgan fingerprint density at radius 3 is 2.64 bits per heavy atom. The van der Waals surface area contributed by atoms with Crippen molar-refractivity contribution < 1.29 is 9.18 Å². The number of aromatic nitrogens is 2. The number of rotatable bonds is 4. The fraction of sp³-hybridized carbons (Fsp3) is 0.136. The lowest BCUT2D eigenvalue weighted by Gasteiger charge is -2.20. The second kappa shape index (κ2) is 7.48. The summed E-state index contributed by atoms with van der Waals surface area (Å²) in [7, 11) is 0. The zero-order valence-electron chi connectivity index (χ0n) is 15.5. The van der Waals surface area contributed by atoms with Gasteiger partial charge >= 0.3 is 0 Å². The Hall–Kier alpha value is -3.12. The average Bonchev–Trinajstić information content (AvgIpc) is 3.11. The molecule has 0 N–H and O–H groups in total. The molecule has 0 radical (unpaired) electrons. The lowest BCUT2D eigenvalue weighted by molar-refractivity contribution is 0.0985. The largest absolute Gasteiger partial charge is 0.279 e. The van der Waals surface area contributed by atoms with Crippen molar-refractivity contribution in [2.45, 2.75) is 20.4 Å². The van der Waals surface area contributed by atoms with Crippen molar-refractivity contribution >= 4 is 32.6 Å². The van der Waals surface area contributed by atoms with Gasteiger partial charge in [-0.3, -0.25) is 14.7 Å². The number of hydrogen-bond acceptors (Lipinski definition) is 4. The van der Waals surface area contributed by atoms with Gasteiger partial charge in [0, 0.05) is 18.0 Å². The molecular formula is C22H18FN3OS. The van der Waals surface area contributed by atoms with Gasteiger partial charge in [0.2, 0.25) is 0 Å². The fourth-order valence-electron chi connectivity index (χ4n) is 3.13. The summed E-state index contributed by atoms with van der Waals surface area (Å²) in [6.45, 7) is 4.41. The van der Waals surface area contributed by atoms with Gasteiger partial charge in [0.05, 0.1) is 16.8 Å². The summed E-state index contributed by atoms with van der Waals surface area (Å²) in [6, 6.07) is 13.5. The number of nitrogens with zero attached hydrogens (tertiary/aromatic N) is 3. The van der Waals surface area contributed by atoms with Crippen LogP contribution < -0.4 is 4.90 Å². The quantitative estimate of drug-likeness (QED) is 0.475. The van der Waals surface area contributed by atoms with Crippen LogP contribution in [-0.4, -0.2) is 15.9 Å². The van der Waals surface area contributed by atoms with Crippen molar-refractivity contribution in [3.05, 3.63) is 89.0 Å². The van der Waals surface area contributed by atoms with Crippen LogP contribution in [0.15, 0.2) is 60.9 Å². The minimum Gasteiger partial charge on any atom is -0.279 e. The molecule has 2 heterocycles. The summed E-state index contributed by atoms with van der Waals surface area (Å²) < 4.78 is 14.4. The molecule has 0 atom stereocenters. The molecule has 140 valence electrons. The molecule has 0 aliphatic heterocycles. The molecule has 4 rings (SSSR count). The van der Waals surface area contributed by atoms with Gasteiger partial charge in [-0.05, 0) is 66.9 Å². The molecule has 0 saturated carbocycles. The summed E-state index contributed by atoms with van der Waals surface area (Å²) >= 11 is 1.49. The Bertz CT molecular complexity index is 1140. The van der Waals surface area contributed by atoms with Crippen molar-refractivity contribution in [3.63, 3.8) is 0 Å². The number of anilines is 1. The predicted octanol–water partition coefficient (Wildman–Crippen LogP) is 5.29. The first-order chi connectivity index (χ1) is 13.5. The van der Waals surface area contributed by atoms with Crippen LogP contribution in [-0.2, 0) is 6.54 Å². The molecule has 28 heavy (non-hydrogen) atoms. The van der Waals surface area contributed by atoms with E-state index in [4.69, 9.17) is 4.98 Å². The van der Waals surface area contributed by atoms with Crippen LogP contribution in [0, 0.1) is 19.7 Å². The van der Waals surface area contributed by atoms with Gasteiger partial charge in [0.25, 0.3) is 5.91 Å². The summed E-state index contributed by atoms with van der Waals surface area (Å²) in [6.07, 6.45) is 3.42. The highest BCUT2D eigenvalue weighted by Crippen LogP contribution is 2.33. The van der Waals surface area contributed by atoms with E-state index in [-0.39, 0.29) is 11.7 Å². The van der Waals surface area contributed by atoms with Crippen molar-refractivity contribution in [1.82, 2.24) is 9.97 Å². The van der Waals surface area contributed by atoms with Crippen LogP contribution >= 0.6 is 11.3 Å². The number of fused-ring (bicyclic) bond motifs is 1. The predicted molar refractivity (Wildman–Crippen MR) is 110 cm³/mol. The van der Waals surface area contributed by atoms with Gasteiger partial charge in [-0.1, -0.05) is 23.5 Å². The maximum atomic E-state index is 13.3. The van der Waals surface area contributed by atoms with Crippen LogP contribution in [0.3, 0.4) is 0 Å². The highest BCUT2D eigenvalue weighted by atomic mass is 32.1. The highest BCUT2D eigenvalue weighted by molar-refractivity contribution is 7.22. The maximum absolute atomic E-state index is 13.3. The van der Waals surface area contributed by atoms with E-state index >= 15 is 0 Å². The van der Waals surface area contributed by atoms with Crippen molar-refractivity contribution in [1.29, 1.82) is 0 Å². The van der Waals surface area contributed by atoms with Crippen molar-refractivity contribution in [3.8, 4) is 0 Å². The highest BCUT2D eigenvalue weighted by Gasteiger charge is 2.22. The van der Waals surface area contributed by atoms with Crippen molar-refractivity contribution in [2.24, 2.45) is 0 Å². The molecule has 4 aromatic rings. The normalized spacial score (nSPS) is 11.0. The number of hydrogen-bond donors (Lipinski definition) is 0. The molecule has 0 fully saturated rings. The summed E-state index contributed by atoms with van der Waals surface area (Å²) in [5.74, 6) is -0.598. The smallest absolute Gasteiger partial charge is 0.260 e. The molecule has 0 unspecified atom stereocenters. The summed E-state index contributed by atoms with van der Waals surface area (Å²) in [5.41, 5.74) is 4.45. The van der Waals surface area contributed by atoms with E-state index in [1.807, 2.05) is 32.0 Å². The molecule has 2 aromatic carbocycles. The van der Waals surface area contributed by atoms with E-state index in [0.717, 1.165) is 26.9 Å². The first-order valence-corrected chi connectivity index (χ1v) is 9.67. The monoisotopic (exact) mass is 391 g/mol. The molecule has 4 nitrogen and oxygen atoms in total. The number of carbonyl (C=O) groups is 1. The number of pyridine rings is 1. The summed E-state index contributed by atoms with van der Waals surface area (Å²) in [4.78, 5) is 23.7. The number of aryl methyl sites for hydroxylation is 2. The standard InChI is InChI=1S/C22H18FN3OS/c1-14-10-15(2)20-19(11-14)25-22(28-20)26(13-16-4-3-9-24-12-16)21(27)17-5-7-18(23)8-6-17/h3-12H,13H2,1-2H3. The second-order valence-corrected chi connectivity index (χ2v) is 7.66. The molecule has 0 aliphatic carbocycles. The Morgan fingerprint density at radius 1 is 1.14 bits per heavy atom. The minimum absolute atomic E-state index is 0.225. The van der Waals surface area contributed by atoms with Gasteiger partial charge < -0.3 is 0 Å². The molecule has 0 saturated heterocycles. The Labute approximate surface area is 166 Å². The van der Waals surface area contributed by atoms with Crippen LogP contribution in [0.5, 0.6) is 0 Å². The van der Waals surface area contributed by atoms with E-state index in [0.29, 0.717) is 17.2 Å². The first-order valence-electron chi connectivity index (χ1n) is 8.85. The van der Waals surface area contributed by atoms with E-state index < -0.39 is 0 Å². The molecule has 1 amide bonds. The number of thiazole rings is 1. The molecule has 0 bridgehead atoms. The Kier molecular flexibility index (Phi) is 4.88. The minimum atomic E-state index is -0.374. The van der Waals surface area contributed by atoms with Crippen molar-refractivity contribution in [2.75, 3.05) is 4.90 Å². The van der Waals surface area contributed by atoms with Gasteiger partial charge in [-0.2, -0.15) is 0 Å². The number of carbonyl (C=O) groups excluding carboxylic acids is 1. The SMILES string of the molecule is Cc1cc(C)c2sc(N(Cc3cccnc3)C(=O)c3ccc(F)cc3)nc2c1. The lowest BCUT2D eigenvalue weighted by atomic mass is 10.1. The first kappa shape index (κ1) is 18.3. The lowest BCUT2D eigenvalue weighted by Crippen LogP contribution is -2.30. The maximum Gasteiger partial charge on any atom is 0.260 e. The molecular weight excluding hydrogens is 373 g/mol. The summed E-state index contributed by atoms with van der Waals surface area (Å²) in [5, 5.41) is 0.613. The van der Waals surface area contributed by atoms with E-state index in [2.05, 4.69) is 11.1 Å². The Morgan fingerprint density at radius 2 is 1.93 bits per heavy atom. The Balaban J connectivity index is 1.79. The van der Waals surface area contributed by atoms with E-state index in [9.17, 15) is 9.18 Å². The molecule has 0 spiro atoms. The van der Waals surface area contributed by atoms with Gasteiger partial charge in [-0.15, -0.1) is 0 Å². The average molecular weight is 391 g/mol. The second-order valence-electron chi connectivity index (χ2n) is 6.69. The van der Waals surface area contributed by atoms with E-state index in [1.54, 1.807) is 17.3 Å². The van der Waals surface area contributed by atoms with Gasteiger partial charge in [0.15, 0.2) is 5.13 Å². The van der Waals surface area contributed by atoms with Crippen LogP contribution in [0.1, 0.15) is 27.0 Å². The molecule has 0 aliphatic rings. The van der Waals surface area contributed by atoms with Crippen LogP contribution in [0.4, 0.5) is 9.52 Å². The van der Waals surface area contributed by atoms with Gasteiger partial charge in [0.1, 0.15) is 5.82 Å². The third-order valence-corrected chi connectivity index (χ3v) is 5.67. The topological polar surface area (TPSA) is 46.1 Å². The third kappa shape index (κ3) is 3.64. The van der Waals surface area contributed by atoms with Gasteiger partial charge in [-0.25, -0.2) is 9.37 Å². The van der Waals surface area contributed by atoms with Crippen LogP contribution in [0.25, 0.3) is 10.2 Å². The number of benzene rings is 2.